The van der Waals surface area contributed by atoms with Crippen LogP contribution in [-0.4, -0.2) is 42.2 Å². The number of rotatable bonds is 6. The first-order chi connectivity index (χ1) is 9.69. The minimum absolute atomic E-state index is 0.000434. The van der Waals surface area contributed by atoms with Gasteiger partial charge >= 0.3 is 0 Å². The molecule has 0 aliphatic carbocycles. The number of nitrogens with one attached hydrogen (secondary N) is 2. The molecule has 0 radical (unpaired) electrons. The van der Waals surface area contributed by atoms with Gasteiger partial charge in [0, 0.05) is 32.4 Å². The average molecular weight is 282 g/mol. The lowest BCUT2D eigenvalue weighted by Gasteiger charge is -2.18. The summed E-state index contributed by atoms with van der Waals surface area (Å²) >= 11 is 0. The van der Waals surface area contributed by atoms with Gasteiger partial charge in [0.1, 0.15) is 0 Å². The summed E-state index contributed by atoms with van der Waals surface area (Å²) in [5, 5.41) is 9.29. The van der Waals surface area contributed by atoms with Gasteiger partial charge in [-0.1, -0.05) is 5.16 Å². The number of nitrogens with zero attached hydrogens (tertiary/aromatic N) is 2. The van der Waals surface area contributed by atoms with Crippen molar-refractivity contribution in [2.75, 3.05) is 20.3 Å². The molecule has 8 nitrogen and oxygen atoms in total. The molecule has 2 amide bonds. The predicted octanol–water partition coefficient (Wildman–Crippen LogP) is -0.284. The van der Waals surface area contributed by atoms with E-state index < -0.39 is 0 Å². The van der Waals surface area contributed by atoms with E-state index in [1.54, 1.807) is 0 Å². The smallest absolute Gasteiger partial charge is 0.246 e. The maximum Gasteiger partial charge on any atom is 0.246 e. The third-order valence-corrected chi connectivity index (χ3v) is 3.07. The number of piperidine rings is 1. The number of hydrogen-bond acceptors (Lipinski definition) is 6. The van der Waals surface area contributed by atoms with Gasteiger partial charge in [-0.2, -0.15) is 4.98 Å². The standard InChI is InChI=1S/C12H18N4O4/c1-19-5-3-9(17)14-7-11-15-12(16-20-11)8-2-4-13-10(18)6-8/h8H,2-7H2,1H3,(H,13,18)(H,14,17). The van der Waals surface area contributed by atoms with Crippen molar-refractivity contribution in [3.05, 3.63) is 11.7 Å². The van der Waals surface area contributed by atoms with Gasteiger partial charge < -0.3 is 19.9 Å². The van der Waals surface area contributed by atoms with Crippen LogP contribution in [0.15, 0.2) is 4.52 Å². The molecule has 20 heavy (non-hydrogen) atoms. The number of aromatic nitrogens is 2. The fraction of sp³-hybridized carbons (Fsp3) is 0.667. The number of amides is 2. The Labute approximate surface area is 116 Å². The first-order valence-corrected chi connectivity index (χ1v) is 6.54. The van der Waals surface area contributed by atoms with E-state index in [1.807, 2.05) is 0 Å². The zero-order valence-electron chi connectivity index (χ0n) is 11.3. The van der Waals surface area contributed by atoms with Gasteiger partial charge in [-0.25, -0.2) is 0 Å². The molecule has 1 aliphatic heterocycles. The predicted molar refractivity (Wildman–Crippen MR) is 67.6 cm³/mol. The third-order valence-electron chi connectivity index (χ3n) is 3.07. The maximum atomic E-state index is 11.4. The summed E-state index contributed by atoms with van der Waals surface area (Å²) < 4.78 is 9.88. The molecule has 1 fully saturated rings. The molecule has 1 unspecified atom stereocenters. The van der Waals surface area contributed by atoms with Crippen molar-refractivity contribution in [3.8, 4) is 0 Å². The Morgan fingerprint density at radius 2 is 2.45 bits per heavy atom. The van der Waals surface area contributed by atoms with Gasteiger partial charge in [0.25, 0.3) is 0 Å². The summed E-state index contributed by atoms with van der Waals surface area (Å²) in [4.78, 5) is 26.9. The molecular formula is C12H18N4O4. The fourth-order valence-electron chi connectivity index (χ4n) is 1.97. The molecule has 1 aromatic rings. The molecule has 2 N–H and O–H groups in total. The lowest BCUT2D eigenvalue weighted by atomic mass is 9.97. The molecule has 0 spiro atoms. The summed E-state index contributed by atoms with van der Waals surface area (Å²) in [6.45, 7) is 1.19. The van der Waals surface area contributed by atoms with Crippen LogP contribution < -0.4 is 10.6 Å². The minimum atomic E-state index is -0.136. The van der Waals surface area contributed by atoms with Crippen LogP contribution in [0.25, 0.3) is 0 Å². The van der Waals surface area contributed by atoms with E-state index in [1.165, 1.54) is 7.11 Å². The summed E-state index contributed by atoms with van der Waals surface area (Å²) in [5.74, 6) is 0.729. The SMILES string of the molecule is COCCC(=O)NCc1nc(C2CCNC(=O)C2)no1. The van der Waals surface area contributed by atoms with E-state index in [-0.39, 0.29) is 24.3 Å². The molecule has 0 bridgehead atoms. The molecule has 2 rings (SSSR count). The summed E-state index contributed by atoms with van der Waals surface area (Å²) in [6.07, 6.45) is 1.46. The van der Waals surface area contributed by atoms with Crippen LogP contribution >= 0.6 is 0 Å². The van der Waals surface area contributed by atoms with Crippen molar-refractivity contribution in [1.82, 2.24) is 20.8 Å². The van der Waals surface area contributed by atoms with Crippen molar-refractivity contribution in [2.24, 2.45) is 0 Å². The van der Waals surface area contributed by atoms with E-state index in [2.05, 4.69) is 20.8 Å². The van der Waals surface area contributed by atoms with Crippen LogP contribution in [0, 0.1) is 0 Å². The van der Waals surface area contributed by atoms with E-state index >= 15 is 0 Å². The van der Waals surface area contributed by atoms with Crippen molar-refractivity contribution in [3.63, 3.8) is 0 Å². The topological polar surface area (TPSA) is 106 Å². The first-order valence-electron chi connectivity index (χ1n) is 6.54. The van der Waals surface area contributed by atoms with Gasteiger partial charge in [0.05, 0.1) is 13.2 Å². The summed E-state index contributed by atoms with van der Waals surface area (Å²) in [7, 11) is 1.54. The van der Waals surface area contributed by atoms with E-state index in [0.29, 0.717) is 37.7 Å². The van der Waals surface area contributed by atoms with Crippen LogP contribution in [0.2, 0.25) is 0 Å². The van der Waals surface area contributed by atoms with Crippen LogP contribution in [0.5, 0.6) is 0 Å². The Bertz CT molecular complexity index is 474. The van der Waals surface area contributed by atoms with Gasteiger partial charge in [-0.3, -0.25) is 9.59 Å². The van der Waals surface area contributed by atoms with Crippen molar-refractivity contribution in [2.45, 2.75) is 31.7 Å². The van der Waals surface area contributed by atoms with E-state index in [0.717, 1.165) is 6.42 Å². The van der Waals surface area contributed by atoms with E-state index in [9.17, 15) is 9.59 Å². The number of carbonyl (C=O) groups excluding carboxylic acids is 2. The average Bonchev–Trinajstić information content (AvgIpc) is 2.92. The van der Waals surface area contributed by atoms with Gasteiger partial charge in [-0.15, -0.1) is 0 Å². The molecule has 1 aliphatic rings. The highest BCUT2D eigenvalue weighted by atomic mass is 16.5. The second-order valence-electron chi connectivity index (χ2n) is 4.61. The lowest BCUT2D eigenvalue weighted by Crippen LogP contribution is -2.32. The van der Waals surface area contributed by atoms with Crippen LogP contribution in [0.3, 0.4) is 0 Å². The highest BCUT2D eigenvalue weighted by molar-refractivity contribution is 5.77. The number of hydrogen-bond donors (Lipinski definition) is 2. The number of ether oxygens (including phenoxy) is 1. The maximum absolute atomic E-state index is 11.4. The Morgan fingerprint density at radius 3 is 3.20 bits per heavy atom. The van der Waals surface area contributed by atoms with E-state index in [4.69, 9.17) is 9.26 Å². The van der Waals surface area contributed by atoms with Crippen LogP contribution in [0.4, 0.5) is 0 Å². The second-order valence-corrected chi connectivity index (χ2v) is 4.61. The fourth-order valence-corrected chi connectivity index (χ4v) is 1.97. The minimum Gasteiger partial charge on any atom is -0.384 e. The molecule has 1 saturated heterocycles. The Hall–Kier alpha value is -1.96. The van der Waals surface area contributed by atoms with Crippen LogP contribution in [-0.2, 0) is 20.9 Å². The Kier molecular flexibility index (Phi) is 5.05. The summed E-state index contributed by atoms with van der Waals surface area (Å²) in [6, 6.07) is 0. The zero-order valence-corrected chi connectivity index (χ0v) is 11.3. The normalized spacial score (nSPS) is 18.6. The Morgan fingerprint density at radius 1 is 1.60 bits per heavy atom. The monoisotopic (exact) mass is 282 g/mol. The van der Waals surface area contributed by atoms with Gasteiger partial charge in [-0.05, 0) is 6.42 Å². The molecule has 8 heteroatoms. The number of carbonyl (C=O) groups is 2. The molecule has 0 saturated carbocycles. The molecule has 1 atom stereocenters. The second kappa shape index (κ2) is 6.99. The largest absolute Gasteiger partial charge is 0.384 e. The highest BCUT2D eigenvalue weighted by Gasteiger charge is 2.25. The van der Waals surface area contributed by atoms with Crippen molar-refractivity contribution >= 4 is 11.8 Å². The lowest BCUT2D eigenvalue weighted by molar-refractivity contribution is -0.123. The summed E-state index contributed by atoms with van der Waals surface area (Å²) in [5.41, 5.74) is 0. The molecule has 1 aromatic heterocycles. The zero-order chi connectivity index (χ0) is 14.4. The molecule has 110 valence electrons. The number of methoxy groups -OCH3 is 1. The Balaban J connectivity index is 1.82. The molecule has 0 aromatic carbocycles. The first kappa shape index (κ1) is 14.4. The van der Waals surface area contributed by atoms with Crippen molar-refractivity contribution < 1.29 is 18.8 Å². The van der Waals surface area contributed by atoms with Crippen molar-refractivity contribution in [1.29, 1.82) is 0 Å². The van der Waals surface area contributed by atoms with Crippen LogP contribution in [0.1, 0.15) is 36.9 Å². The van der Waals surface area contributed by atoms with Gasteiger partial charge in [0.15, 0.2) is 5.82 Å². The van der Waals surface area contributed by atoms with Gasteiger partial charge in [0.2, 0.25) is 17.7 Å². The highest BCUT2D eigenvalue weighted by Crippen LogP contribution is 2.22. The molecule has 2 heterocycles. The third kappa shape index (κ3) is 4.02. The molecular weight excluding hydrogens is 264 g/mol. The quantitative estimate of drug-likeness (QED) is 0.743.